The molecule has 1 N–H and O–H groups in total. The number of fused-ring (bicyclic) bond motifs is 1. The molecule has 0 fully saturated rings. The SMILES string of the molecule is Cc1ccc(-c2oc3cc(C)ccc3c(=O)c2OCC(=O)Nc2nccs2)cc1. The van der Waals surface area contributed by atoms with Crippen molar-refractivity contribution in [3.05, 3.63) is 75.4 Å². The second kappa shape index (κ2) is 7.89. The molecule has 0 spiro atoms. The molecular formula is C22H18N2O4S. The summed E-state index contributed by atoms with van der Waals surface area (Å²) in [5.41, 5.74) is 2.92. The van der Waals surface area contributed by atoms with Crippen LogP contribution in [-0.4, -0.2) is 17.5 Å². The van der Waals surface area contributed by atoms with E-state index in [0.29, 0.717) is 27.4 Å². The fourth-order valence-electron chi connectivity index (χ4n) is 2.89. The van der Waals surface area contributed by atoms with Gasteiger partial charge < -0.3 is 9.15 Å². The zero-order chi connectivity index (χ0) is 20.4. The maximum atomic E-state index is 13.1. The maximum Gasteiger partial charge on any atom is 0.264 e. The van der Waals surface area contributed by atoms with E-state index in [1.165, 1.54) is 11.3 Å². The van der Waals surface area contributed by atoms with Gasteiger partial charge in [-0.15, -0.1) is 11.3 Å². The highest BCUT2D eigenvalue weighted by Gasteiger charge is 2.19. The van der Waals surface area contributed by atoms with Gasteiger partial charge in [-0.2, -0.15) is 0 Å². The first-order valence-electron chi connectivity index (χ1n) is 8.98. The number of hydrogen-bond donors (Lipinski definition) is 1. The van der Waals surface area contributed by atoms with Crippen molar-refractivity contribution in [2.75, 3.05) is 11.9 Å². The van der Waals surface area contributed by atoms with Gasteiger partial charge in [0, 0.05) is 17.1 Å². The number of aromatic nitrogens is 1. The van der Waals surface area contributed by atoms with Crippen molar-refractivity contribution in [3.63, 3.8) is 0 Å². The monoisotopic (exact) mass is 406 g/mol. The van der Waals surface area contributed by atoms with Crippen LogP contribution in [-0.2, 0) is 4.79 Å². The third-order valence-corrected chi connectivity index (χ3v) is 5.03. The summed E-state index contributed by atoms with van der Waals surface area (Å²) in [5.74, 6) is -0.0900. The zero-order valence-corrected chi connectivity index (χ0v) is 16.7. The summed E-state index contributed by atoms with van der Waals surface area (Å²) in [4.78, 5) is 29.3. The Morgan fingerprint density at radius 2 is 1.90 bits per heavy atom. The van der Waals surface area contributed by atoms with Gasteiger partial charge >= 0.3 is 0 Å². The molecule has 7 heteroatoms. The number of carbonyl (C=O) groups is 1. The van der Waals surface area contributed by atoms with Gasteiger partial charge in [0.25, 0.3) is 5.91 Å². The van der Waals surface area contributed by atoms with E-state index in [1.54, 1.807) is 17.6 Å². The number of benzene rings is 2. The lowest BCUT2D eigenvalue weighted by Gasteiger charge is -2.12. The summed E-state index contributed by atoms with van der Waals surface area (Å²) in [6.45, 7) is 3.57. The van der Waals surface area contributed by atoms with Crippen LogP contribution in [0.2, 0.25) is 0 Å². The number of carbonyl (C=O) groups excluding carboxylic acids is 1. The second-order valence-corrected chi connectivity index (χ2v) is 7.52. The largest absolute Gasteiger partial charge is 0.476 e. The average Bonchev–Trinajstić information content (AvgIpc) is 3.20. The summed E-state index contributed by atoms with van der Waals surface area (Å²) in [6.07, 6.45) is 1.59. The fourth-order valence-corrected chi connectivity index (χ4v) is 3.43. The minimum Gasteiger partial charge on any atom is -0.476 e. The lowest BCUT2D eigenvalue weighted by molar-refractivity contribution is -0.118. The number of ether oxygens (including phenoxy) is 1. The van der Waals surface area contributed by atoms with E-state index in [1.807, 2.05) is 50.2 Å². The van der Waals surface area contributed by atoms with E-state index in [0.717, 1.165) is 11.1 Å². The smallest absolute Gasteiger partial charge is 0.264 e. The lowest BCUT2D eigenvalue weighted by Crippen LogP contribution is -2.22. The summed E-state index contributed by atoms with van der Waals surface area (Å²) < 4.78 is 11.7. The van der Waals surface area contributed by atoms with Gasteiger partial charge in [-0.3, -0.25) is 14.9 Å². The Morgan fingerprint density at radius 1 is 1.14 bits per heavy atom. The number of nitrogens with zero attached hydrogens (tertiary/aromatic N) is 1. The van der Waals surface area contributed by atoms with Crippen LogP contribution in [0.3, 0.4) is 0 Å². The number of aryl methyl sites for hydroxylation is 2. The Kier molecular flexibility index (Phi) is 5.14. The molecule has 0 aliphatic rings. The van der Waals surface area contributed by atoms with Gasteiger partial charge in [-0.1, -0.05) is 35.9 Å². The maximum absolute atomic E-state index is 13.1. The lowest BCUT2D eigenvalue weighted by atomic mass is 10.1. The second-order valence-electron chi connectivity index (χ2n) is 6.63. The van der Waals surface area contributed by atoms with Crippen LogP contribution < -0.4 is 15.5 Å². The van der Waals surface area contributed by atoms with Crippen LogP contribution in [0.25, 0.3) is 22.3 Å². The summed E-state index contributed by atoms with van der Waals surface area (Å²) in [5, 5.41) is 5.26. The van der Waals surface area contributed by atoms with Crippen molar-refractivity contribution < 1.29 is 13.9 Å². The van der Waals surface area contributed by atoms with Crippen molar-refractivity contribution in [2.45, 2.75) is 13.8 Å². The summed E-state index contributed by atoms with van der Waals surface area (Å²) in [7, 11) is 0. The molecule has 0 radical (unpaired) electrons. The summed E-state index contributed by atoms with van der Waals surface area (Å²) in [6, 6.07) is 12.9. The number of hydrogen-bond acceptors (Lipinski definition) is 6. The molecule has 4 aromatic rings. The van der Waals surface area contributed by atoms with Gasteiger partial charge in [0.2, 0.25) is 11.2 Å². The number of thiazole rings is 1. The van der Waals surface area contributed by atoms with Crippen LogP contribution in [0.15, 0.2) is 63.3 Å². The number of rotatable bonds is 5. The number of anilines is 1. The first-order valence-corrected chi connectivity index (χ1v) is 9.86. The molecule has 0 atom stereocenters. The molecule has 0 aliphatic carbocycles. The first kappa shape index (κ1) is 18.9. The highest BCUT2D eigenvalue weighted by Crippen LogP contribution is 2.31. The molecule has 0 saturated heterocycles. The van der Waals surface area contributed by atoms with Crippen molar-refractivity contribution in [2.24, 2.45) is 0 Å². The van der Waals surface area contributed by atoms with Crippen LogP contribution in [0, 0.1) is 13.8 Å². The van der Waals surface area contributed by atoms with Gasteiger partial charge in [0.1, 0.15) is 5.58 Å². The van der Waals surface area contributed by atoms with Crippen LogP contribution in [0.5, 0.6) is 5.75 Å². The van der Waals surface area contributed by atoms with E-state index < -0.39 is 5.91 Å². The van der Waals surface area contributed by atoms with Gasteiger partial charge in [-0.05, 0) is 31.5 Å². The van der Waals surface area contributed by atoms with Crippen molar-refractivity contribution in [1.82, 2.24) is 4.98 Å². The molecule has 0 unspecified atom stereocenters. The fraction of sp³-hybridized carbons (Fsp3) is 0.136. The highest BCUT2D eigenvalue weighted by atomic mass is 32.1. The molecule has 0 bridgehead atoms. The number of amides is 1. The van der Waals surface area contributed by atoms with Crippen LogP contribution >= 0.6 is 11.3 Å². The highest BCUT2D eigenvalue weighted by molar-refractivity contribution is 7.13. The Labute approximate surface area is 170 Å². The molecule has 0 saturated carbocycles. The molecule has 4 rings (SSSR count). The average molecular weight is 406 g/mol. The predicted molar refractivity (Wildman–Crippen MR) is 114 cm³/mol. The molecular weight excluding hydrogens is 388 g/mol. The zero-order valence-electron chi connectivity index (χ0n) is 15.9. The Hall–Kier alpha value is -3.45. The molecule has 2 heterocycles. The molecule has 146 valence electrons. The number of nitrogens with one attached hydrogen (secondary N) is 1. The van der Waals surface area contributed by atoms with E-state index in [4.69, 9.17) is 9.15 Å². The Balaban J connectivity index is 1.74. The van der Waals surface area contributed by atoms with E-state index in [-0.39, 0.29) is 17.8 Å². The summed E-state index contributed by atoms with van der Waals surface area (Å²) >= 11 is 1.30. The van der Waals surface area contributed by atoms with Crippen molar-refractivity contribution in [1.29, 1.82) is 0 Å². The van der Waals surface area contributed by atoms with Gasteiger partial charge in [0.15, 0.2) is 17.5 Å². The standard InChI is InChI=1S/C22H18N2O4S/c1-13-3-6-15(7-4-13)20-21(27-12-18(25)24-22-23-9-10-29-22)19(26)16-8-5-14(2)11-17(16)28-20/h3-11H,12H2,1-2H3,(H,23,24,25). The quantitative estimate of drug-likeness (QED) is 0.526. The third-order valence-electron chi connectivity index (χ3n) is 4.35. The van der Waals surface area contributed by atoms with E-state index in [9.17, 15) is 9.59 Å². The molecule has 6 nitrogen and oxygen atoms in total. The minimum absolute atomic E-state index is 0.0134. The van der Waals surface area contributed by atoms with E-state index >= 15 is 0 Å². The van der Waals surface area contributed by atoms with Gasteiger partial charge in [-0.25, -0.2) is 4.98 Å². The molecule has 2 aromatic carbocycles. The molecule has 2 aromatic heterocycles. The molecule has 29 heavy (non-hydrogen) atoms. The van der Waals surface area contributed by atoms with Crippen LogP contribution in [0.1, 0.15) is 11.1 Å². The molecule has 0 aliphatic heterocycles. The third kappa shape index (κ3) is 4.05. The van der Waals surface area contributed by atoms with Crippen LogP contribution in [0.4, 0.5) is 5.13 Å². The van der Waals surface area contributed by atoms with E-state index in [2.05, 4.69) is 10.3 Å². The normalized spacial score (nSPS) is 10.8. The Morgan fingerprint density at radius 3 is 2.62 bits per heavy atom. The topological polar surface area (TPSA) is 81.4 Å². The predicted octanol–water partition coefficient (Wildman–Crippen LogP) is 4.55. The van der Waals surface area contributed by atoms with Crippen molar-refractivity contribution >= 4 is 33.3 Å². The minimum atomic E-state index is -0.404. The first-order chi connectivity index (χ1) is 14.0. The Bertz CT molecular complexity index is 1230. The molecule has 1 amide bonds. The van der Waals surface area contributed by atoms with Gasteiger partial charge in [0.05, 0.1) is 5.39 Å². The van der Waals surface area contributed by atoms with Crippen molar-refractivity contribution in [3.8, 4) is 17.1 Å².